The number of esters is 2. The van der Waals surface area contributed by atoms with Crippen LogP contribution >= 0.6 is 7.60 Å². The fraction of sp³-hybridized carbons (Fsp3) is 0.538. The average molecular weight is 495 g/mol. The van der Waals surface area contributed by atoms with Crippen molar-refractivity contribution < 1.29 is 32.7 Å². The number of carbonyl (C=O) groups excluding carboxylic acids is 2. The number of hydrogen-bond donors (Lipinski definition) is 0. The lowest BCUT2D eigenvalue weighted by Crippen LogP contribution is -2.16. The molecule has 0 aliphatic heterocycles. The van der Waals surface area contributed by atoms with E-state index in [1.807, 2.05) is 26.0 Å². The zero-order valence-electron chi connectivity index (χ0n) is 21.0. The second-order valence-corrected chi connectivity index (χ2v) is 10.3. The van der Waals surface area contributed by atoms with Crippen LogP contribution in [0.3, 0.4) is 0 Å². The van der Waals surface area contributed by atoms with E-state index in [-0.39, 0.29) is 13.2 Å². The fourth-order valence-corrected chi connectivity index (χ4v) is 4.86. The summed E-state index contributed by atoms with van der Waals surface area (Å²) in [6, 6.07) is 5.60. The van der Waals surface area contributed by atoms with E-state index in [1.165, 1.54) is 0 Å². The standard InChI is InChI=1S/C26H39O7P/c1-20(2)25(27)30-16-9-7-11-18-32-34(29,24-15-13-14-22(5)23(24)6)33-19-12-8-10-17-31-26(28)21(3)4/h13-15H,1,3,7-12,16-19H2,2,4-6H3. The van der Waals surface area contributed by atoms with Gasteiger partial charge in [0.1, 0.15) is 0 Å². The molecule has 1 rings (SSSR count). The zero-order chi connectivity index (χ0) is 25.6. The average Bonchev–Trinajstić information content (AvgIpc) is 2.79. The Morgan fingerprint density at radius 2 is 1.21 bits per heavy atom. The maximum absolute atomic E-state index is 13.7. The first-order valence-corrected chi connectivity index (χ1v) is 13.2. The summed E-state index contributed by atoms with van der Waals surface area (Å²) in [6.07, 6.45) is 4.23. The van der Waals surface area contributed by atoms with Crippen molar-refractivity contribution in [3.05, 3.63) is 53.6 Å². The Kier molecular flexibility index (Phi) is 13.7. The third-order valence-corrected chi connectivity index (χ3v) is 7.25. The molecule has 0 aliphatic carbocycles. The van der Waals surface area contributed by atoms with E-state index in [0.717, 1.165) is 24.0 Å². The molecule has 0 atom stereocenters. The first kappa shape index (κ1) is 29.8. The Hall–Kier alpha value is -2.21. The van der Waals surface area contributed by atoms with Gasteiger partial charge in [-0.1, -0.05) is 25.3 Å². The monoisotopic (exact) mass is 494 g/mol. The van der Waals surface area contributed by atoms with Crippen molar-refractivity contribution in [2.75, 3.05) is 26.4 Å². The molecule has 7 nitrogen and oxygen atoms in total. The molecule has 0 saturated carbocycles. The summed E-state index contributed by atoms with van der Waals surface area (Å²) in [5.41, 5.74) is 2.67. The Balaban J connectivity index is 2.52. The van der Waals surface area contributed by atoms with Crippen molar-refractivity contribution in [1.82, 2.24) is 0 Å². The third kappa shape index (κ3) is 10.8. The summed E-state index contributed by atoms with van der Waals surface area (Å²) < 4.78 is 35.5. The summed E-state index contributed by atoms with van der Waals surface area (Å²) in [7, 11) is -3.50. The van der Waals surface area contributed by atoms with Crippen LogP contribution in [0.15, 0.2) is 42.5 Å². The van der Waals surface area contributed by atoms with Gasteiger partial charge >= 0.3 is 19.5 Å². The minimum absolute atomic E-state index is 0.274. The number of rotatable bonds is 17. The van der Waals surface area contributed by atoms with Crippen LogP contribution in [-0.2, 0) is 32.7 Å². The SMILES string of the molecule is C=C(C)C(=O)OCCCCCOP(=O)(OCCCCCOC(=O)C(=C)C)c1cccc(C)c1C. The van der Waals surface area contributed by atoms with E-state index in [0.29, 0.717) is 55.3 Å². The highest BCUT2D eigenvalue weighted by atomic mass is 31.2. The highest BCUT2D eigenvalue weighted by Gasteiger charge is 2.29. The molecule has 0 fully saturated rings. The maximum atomic E-state index is 13.7. The first-order valence-electron chi connectivity index (χ1n) is 11.7. The van der Waals surface area contributed by atoms with Gasteiger partial charge < -0.3 is 18.5 Å². The molecule has 0 saturated heterocycles. The molecule has 0 bridgehead atoms. The highest BCUT2D eigenvalue weighted by Crippen LogP contribution is 2.48. The van der Waals surface area contributed by atoms with Crippen LogP contribution in [0.2, 0.25) is 0 Å². The van der Waals surface area contributed by atoms with Gasteiger partial charge in [0, 0.05) is 11.1 Å². The van der Waals surface area contributed by atoms with Crippen molar-refractivity contribution in [2.24, 2.45) is 0 Å². The van der Waals surface area contributed by atoms with Crippen LogP contribution in [0.25, 0.3) is 0 Å². The largest absolute Gasteiger partial charge is 0.462 e. The molecule has 0 spiro atoms. The molecule has 8 heteroatoms. The first-order chi connectivity index (χ1) is 16.1. The van der Waals surface area contributed by atoms with E-state index in [9.17, 15) is 14.2 Å². The number of ether oxygens (including phenoxy) is 2. The fourth-order valence-electron chi connectivity index (χ4n) is 2.92. The van der Waals surface area contributed by atoms with Crippen molar-refractivity contribution in [3.63, 3.8) is 0 Å². The minimum Gasteiger partial charge on any atom is -0.462 e. The second kappa shape index (κ2) is 15.6. The van der Waals surface area contributed by atoms with E-state index in [4.69, 9.17) is 18.5 Å². The molecule has 0 heterocycles. The van der Waals surface area contributed by atoms with Gasteiger partial charge in [-0.2, -0.15) is 0 Å². The molecule has 190 valence electrons. The number of hydrogen-bond acceptors (Lipinski definition) is 7. The Morgan fingerprint density at radius 3 is 1.65 bits per heavy atom. The van der Waals surface area contributed by atoms with E-state index < -0.39 is 19.5 Å². The van der Waals surface area contributed by atoms with Crippen LogP contribution in [-0.4, -0.2) is 38.4 Å². The topological polar surface area (TPSA) is 88.1 Å². The van der Waals surface area contributed by atoms with Crippen molar-refractivity contribution in [1.29, 1.82) is 0 Å². The van der Waals surface area contributed by atoms with Gasteiger partial charge in [-0.3, -0.25) is 4.57 Å². The van der Waals surface area contributed by atoms with Gasteiger partial charge in [-0.25, -0.2) is 9.59 Å². The Labute approximate surface area is 204 Å². The lowest BCUT2D eigenvalue weighted by Gasteiger charge is -2.21. The quantitative estimate of drug-likeness (QED) is 0.118. The Bertz CT molecular complexity index is 847. The summed E-state index contributed by atoms with van der Waals surface area (Å²) in [5.74, 6) is -0.781. The molecule has 0 amide bonds. The van der Waals surface area contributed by atoms with E-state index >= 15 is 0 Å². The smallest absolute Gasteiger partial charge is 0.361 e. The van der Waals surface area contributed by atoms with Gasteiger partial charge in [0.15, 0.2) is 0 Å². The van der Waals surface area contributed by atoms with Gasteiger partial charge in [0.25, 0.3) is 0 Å². The molecule has 1 aromatic rings. The highest BCUT2D eigenvalue weighted by molar-refractivity contribution is 7.62. The summed E-state index contributed by atoms with van der Waals surface area (Å²) >= 11 is 0. The van der Waals surface area contributed by atoms with E-state index in [2.05, 4.69) is 13.2 Å². The molecule has 1 aromatic carbocycles. The number of unbranched alkanes of at least 4 members (excludes halogenated alkanes) is 4. The summed E-state index contributed by atoms with van der Waals surface area (Å²) in [5, 5.41) is 0.582. The summed E-state index contributed by atoms with van der Waals surface area (Å²) in [4.78, 5) is 22.8. The van der Waals surface area contributed by atoms with Crippen LogP contribution < -0.4 is 5.30 Å². The van der Waals surface area contributed by atoms with Crippen molar-refractivity contribution in [2.45, 2.75) is 66.2 Å². The summed E-state index contributed by atoms with van der Waals surface area (Å²) in [6.45, 7) is 15.4. The van der Waals surface area contributed by atoms with E-state index in [1.54, 1.807) is 19.9 Å². The molecular weight excluding hydrogens is 455 g/mol. The van der Waals surface area contributed by atoms with Gasteiger partial charge in [-0.15, -0.1) is 0 Å². The molecule has 0 aliphatic rings. The Morgan fingerprint density at radius 1 is 0.765 bits per heavy atom. The van der Waals surface area contributed by atoms with Crippen LogP contribution in [0.5, 0.6) is 0 Å². The molecule has 34 heavy (non-hydrogen) atoms. The predicted molar refractivity (Wildman–Crippen MR) is 134 cm³/mol. The van der Waals surface area contributed by atoms with Gasteiger partial charge in [0.05, 0.1) is 31.7 Å². The number of benzene rings is 1. The van der Waals surface area contributed by atoms with Crippen molar-refractivity contribution >= 4 is 24.8 Å². The lowest BCUT2D eigenvalue weighted by molar-refractivity contribution is -0.139. The number of carbonyl (C=O) groups is 2. The molecule has 0 aromatic heterocycles. The second-order valence-electron chi connectivity index (χ2n) is 8.34. The van der Waals surface area contributed by atoms with Crippen molar-refractivity contribution in [3.8, 4) is 0 Å². The van der Waals surface area contributed by atoms with Crippen LogP contribution in [0.4, 0.5) is 0 Å². The third-order valence-electron chi connectivity index (χ3n) is 5.13. The molecule has 0 radical (unpaired) electrons. The normalized spacial score (nSPS) is 11.2. The van der Waals surface area contributed by atoms with Gasteiger partial charge in [-0.05, 0) is 83.4 Å². The lowest BCUT2D eigenvalue weighted by atomic mass is 10.1. The molecule has 0 N–H and O–H groups in total. The van der Waals surface area contributed by atoms with Crippen LogP contribution in [0.1, 0.15) is 63.5 Å². The van der Waals surface area contributed by atoms with Crippen LogP contribution in [0, 0.1) is 13.8 Å². The minimum atomic E-state index is -3.50. The molecule has 0 unspecified atom stereocenters. The van der Waals surface area contributed by atoms with Gasteiger partial charge in [0.2, 0.25) is 0 Å². The maximum Gasteiger partial charge on any atom is 0.361 e. The number of aryl methyl sites for hydroxylation is 1. The zero-order valence-corrected chi connectivity index (χ0v) is 21.9. The predicted octanol–water partition coefficient (Wildman–Crippen LogP) is 5.73. The molecular formula is C26H39O7P.